The Labute approximate surface area is 113 Å². The molecule has 0 aromatic heterocycles. The zero-order valence-electron chi connectivity index (χ0n) is 10.6. The van der Waals surface area contributed by atoms with Gasteiger partial charge in [-0.3, -0.25) is 10.3 Å². The van der Waals surface area contributed by atoms with Crippen molar-refractivity contribution in [3.05, 3.63) is 34.3 Å². The minimum Gasteiger partial charge on any atom is -0.396 e. The molecule has 4 N–H and O–H groups in total. The summed E-state index contributed by atoms with van der Waals surface area (Å²) in [5, 5.41) is 16.8. The fourth-order valence-electron chi connectivity index (χ4n) is 1.73. The highest BCUT2D eigenvalue weighted by molar-refractivity contribution is 6.31. The van der Waals surface area contributed by atoms with Gasteiger partial charge in [0, 0.05) is 30.3 Å². The van der Waals surface area contributed by atoms with E-state index in [-0.39, 0.29) is 12.4 Å². The molecule has 0 radical (unpaired) electrons. The monoisotopic (exact) mass is 269 g/mol. The number of benzene rings is 1. The van der Waals surface area contributed by atoms with Gasteiger partial charge in [-0.25, -0.2) is 0 Å². The molecule has 1 rings (SSSR count). The molecule has 100 valence electrons. The van der Waals surface area contributed by atoms with Crippen LogP contribution < -0.4 is 5.73 Å². The van der Waals surface area contributed by atoms with Gasteiger partial charge in [-0.2, -0.15) is 0 Å². The number of nitrogens with two attached hydrogens (primary N) is 1. The fourth-order valence-corrected chi connectivity index (χ4v) is 1.97. The highest BCUT2D eigenvalue weighted by atomic mass is 35.5. The standard InChI is InChI=1S/C13H20ClN3O/c1-2-17(6-3-7-18)9-11-5-4-10(13(15)16)8-12(11)14/h4-5,8,18H,2-3,6-7,9H2,1H3,(H3,15,16). The van der Waals surface area contributed by atoms with Gasteiger partial charge in [0.05, 0.1) is 0 Å². The molecule has 0 unspecified atom stereocenters. The number of amidine groups is 1. The van der Waals surface area contributed by atoms with Crippen molar-refractivity contribution in [2.45, 2.75) is 19.9 Å². The van der Waals surface area contributed by atoms with Crippen LogP contribution in [0.25, 0.3) is 0 Å². The van der Waals surface area contributed by atoms with Crippen molar-refractivity contribution < 1.29 is 5.11 Å². The second-order valence-corrected chi connectivity index (χ2v) is 4.57. The smallest absolute Gasteiger partial charge is 0.122 e. The first-order chi connectivity index (χ1) is 8.58. The van der Waals surface area contributed by atoms with Gasteiger partial charge in [0.2, 0.25) is 0 Å². The highest BCUT2D eigenvalue weighted by Crippen LogP contribution is 2.19. The van der Waals surface area contributed by atoms with Crippen LogP contribution in [0.5, 0.6) is 0 Å². The van der Waals surface area contributed by atoms with E-state index >= 15 is 0 Å². The average Bonchev–Trinajstić information content (AvgIpc) is 2.35. The Morgan fingerprint density at radius 3 is 2.72 bits per heavy atom. The largest absolute Gasteiger partial charge is 0.396 e. The van der Waals surface area contributed by atoms with Crippen LogP contribution in [0, 0.1) is 5.41 Å². The quantitative estimate of drug-likeness (QED) is 0.522. The minimum absolute atomic E-state index is 0.0241. The molecule has 0 aliphatic carbocycles. The Hall–Kier alpha value is -1.10. The Bertz CT molecular complexity index is 409. The van der Waals surface area contributed by atoms with Crippen LogP contribution in [0.4, 0.5) is 0 Å². The van der Waals surface area contributed by atoms with E-state index in [0.717, 1.165) is 31.6 Å². The molecule has 0 bridgehead atoms. The van der Waals surface area contributed by atoms with Crippen molar-refractivity contribution in [2.24, 2.45) is 5.73 Å². The third-order valence-electron chi connectivity index (χ3n) is 2.84. The first-order valence-electron chi connectivity index (χ1n) is 6.04. The maximum atomic E-state index is 8.84. The van der Waals surface area contributed by atoms with Gasteiger partial charge in [-0.05, 0) is 24.6 Å². The van der Waals surface area contributed by atoms with Gasteiger partial charge < -0.3 is 10.8 Å². The SMILES string of the molecule is CCN(CCCO)Cc1ccc(C(=N)N)cc1Cl. The molecule has 0 saturated carbocycles. The maximum Gasteiger partial charge on any atom is 0.122 e. The Morgan fingerprint density at radius 1 is 1.50 bits per heavy atom. The summed E-state index contributed by atoms with van der Waals surface area (Å²) in [5.74, 6) is 0.0241. The topological polar surface area (TPSA) is 73.3 Å². The third-order valence-corrected chi connectivity index (χ3v) is 3.19. The lowest BCUT2D eigenvalue weighted by Gasteiger charge is -2.20. The van der Waals surface area contributed by atoms with E-state index in [1.165, 1.54) is 0 Å². The van der Waals surface area contributed by atoms with Gasteiger partial charge in [0.15, 0.2) is 0 Å². The van der Waals surface area contributed by atoms with Crippen molar-refractivity contribution in [3.8, 4) is 0 Å². The van der Waals surface area contributed by atoms with Gasteiger partial charge in [0.1, 0.15) is 5.84 Å². The number of hydrogen-bond donors (Lipinski definition) is 3. The van der Waals surface area contributed by atoms with Crippen LogP contribution in [0.3, 0.4) is 0 Å². The highest BCUT2D eigenvalue weighted by Gasteiger charge is 2.08. The van der Waals surface area contributed by atoms with E-state index in [4.69, 9.17) is 27.9 Å². The summed E-state index contributed by atoms with van der Waals surface area (Å²) in [7, 11) is 0. The van der Waals surface area contributed by atoms with Crippen molar-refractivity contribution in [3.63, 3.8) is 0 Å². The third kappa shape index (κ3) is 4.29. The number of rotatable bonds is 7. The zero-order valence-corrected chi connectivity index (χ0v) is 11.4. The van der Waals surface area contributed by atoms with Crippen molar-refractivity contribution in [1.82, 2.24) is 4.90 Å². The van der Waals surface area contributed by atoms with Gasteiger partial charge in [-0.15, -0.1) is 0 Å². The number of nitrogens with one attached hydrogen (secondary N) is 1. The molecule has 1 aromatic rings. The molecule has 0 saturated heterocycles. The molecular weight excluding hydrogens is 250 g/mol. The molecule has 0 aliphatic heterocycles. The molecule has 18 heavy (non-hydrogen) atoms. The predicted octanol–water partition coefficient (Wildman–Crippen LogP) is 1.83. The number of aliphatic hydroxyl groups is 1. The molecule has 4 nitrogen and oxygen atoms in total. The number of nitrogen functional groups attached to an aromatic ring is 1. The second kappa shape index (κ2) is 7.36. The van der Waals surface area contributed by atoms with Crippen molar-refractivity contribution in [2.75, 3.05) is 19.7 Å². The van der Waals surface area contributed by atoms with E-state index in [9.17, 15) is 0 Å². The van der Waals surface area contributed by atoms with Gasteiger partial charge in [-0.1, -0.05) is 30.7 Å². The second-order valence-electron chi connectivity index (χ2n) is 4.17. The summed E-state index contributed by atoms with van der Waals surface area (Å²) in [4.78, 5) is 2.21. The van der Waals surface area contributed by atoms with Crippen LogP contribution in [0.1, 0.15) is 24.5 Å². The molecule has 0 heterocycles. The van der Waals surface area contributed by atoms with Crippen LogP contribution in [0.2, 0.25) is 5.02 Å². The van der Waals surface area contributed by atoms with Crippen LogP contribution in [-0.4, -0.2) is 35.5 Å². The van der Waals surface area contributed by atoms with E-state index in [2.05, 4.69) is 11.8 Å². The van der Waals surface area contributed by atoms with Crippen LogP contribution in [0.15, 0.2) is 18.2 Å². The Morgan fingerprint density at radius 2 is 2.22 bits per heavy atom. The molecule has 1 aromatic carbocycles. The van der Waals surface area contributed by atoms with E-state index in [1.807, 2.05) is 12.1 Å². The Kier molecular flexibility index (Phi) is 6.12. The molecule has 0 fully saturated rings. The summed E-state index contributed by atoms with van der Waals surface area (Å²) in [5.41, 5.74) is 7.07. The first-order valence-corrected chi connectivity index (χ1v) is 6.42. The molecule has 5 heteroatoms. The average molecular weight is 270 g/mol. The summed E-state index contributed by atoms with van der Waals surface area (Å²) >= 11 is 6.18. The fraction of sp³-hybridized carbons (Fsp3) is 0.462. The molecule has 0 spiro atoms. The number of aliphatic hydroxyl groups excluding tert-OH is 1. The zero-order chi connectivity index (χ0) is 13.5. The number of nitrogens with zero attached hydrogens (tertiary/aromatic N) is 1. The van der Waals surface area contributed by atoms with Crippen molar-refractivity contribution >= 4 is 17.4 Å². The lowest BCUT2D eigenvalue weighted by Crippen LogP contribution is -2.25. The van der Waals surface area contributed by atoms with Crippen molar-refractivity contribution in [1.29, 1.82) is 5.41 Å². The molecule has 0 aliphatic rings. The molecule has 0 atom stereocenters. The van der Waals surface area contributed by atoms with E-state index in [0.29, 0.717) is 10.6 Å². The minimum atomic E-state index is 0.0241. The molecular formula is C13H20ClN3O. The lowest BCUT2D eigenvalue weighted by atomic mass is 10.1. The van der Waals surface area contributed by atoms with E-state index < -0.39 is 0 Å². The van der Waals surface area contributed by atoms with Gasteiger partial charge >= 0.3 is 0 Å². The van der Waals surface area contributed by atoms with E-state index in [1.54, 1.807) is 6.07 Å². The first kappa shape index (κ1) is 15.0. The number of hydrogen-bond acceptors (Lipinski definition) is 3. The predicted molar refractivity (Wildman–Crippen MR) is 75.1 cm³/mol. The van der Waals surface area contributed by atoms with Crippen LogP contribution in [-0.2, 0) is 6.54 Å². The Balaban J connectivity index is 2.74. The maximum absolute atomic E-state index is 8.84. The summed E-state index contributed by atoms with van der Waals surface area (Å²) in [6.07, 6.45) is 0.761. The van der Waals surface area contributed by atoms with Gasteiger partial charge in [0.25, 0.3) is 0 Å². The lowest BCUT2D eigenvalue weighted by molar-refractivity contribution is 0.225. The van der Waals surface area contributed by atoms with Crippen LogP contribution >= 0.6 is 11.6 Å². The normalized spacial score (nSPS) is 10.9. The summed E-state index contributed by atoms with van der Waals surface area (Å²) in [6.45, 7) is 4.78. The molecule has 0 amide bonds. The summed E-state index contributed by atoms with van der Waals surface area (Å²) in [6, 6.07) is 5.43. The number of halogens is 1. The summed E-state index contributed by atoms with van der Waals surface area (Å²) < 4.78 is 0.